The van der Waals surface area contributed by atoms with Gasteiger partial charge in [-0.3, -0.25) is 9.59 Å². The third kappa shape index (κ3) is 7.04. The molecule has 2 saturated heterocycles. The normalized spacial score (nSPS) is 20.3. The van der Waals surface area contributed by atoms with Crippen molar-refractivity contribution in [2.75, 3.05) is 36.4 Å². The summed E-state index contributed by atoms with van der Waals surface area (Å²) in [5.74, 6) is 0.676. The van der Waals surface area contributed by atoms with Crippen molar-refractivity contribution in [3.63, 3.8) is 0 Å². The number of rotatable bonds is 9. The third-order valence-electron chi connectivity index (χ3n) is 9.49. The zero-order valence-corrected chi connectivity index (χ0v) is 24.7. The largest absolute Gasteiger partial charge is 0.364 e. The number of hydrogen-bond acceptors (Lipinski definition) is 7. The maximum Gasteiger partial charge on any atom is 0.271 e. The van der Waals surface area contributed by atoms with E-state index in [0.717, 1.165) is 31.1 Å². The van der Waals surface area contributed by atoms with Crippen LogP contribution in [0.4, 0.5) is 21.7 Å². The molecule has 0 unspecified atom stereocenters. The number of ketones is 1. The molecule has 8 nitrogen and oxygen atoms in total. The van der Waals surface area contributed by atoms with E-state index >= 15 is 0 Å². The van der Waals surface area contributed by atoms with Crippen LogP contribution >= 0.6 is 0 Å². The number of Topliss-reactive ketones (excluding diaryl/α,β-unsaturated/α-hetero) is 1. The van der Waals surface area contributed by atoms with Crippen LogP contribution in [0.1, 0.15) is 90.1 Å². The van der Waals surface area contributed by atoms with Crippen molar-refractivity contribution in [3.8, 4) is 0 Å². The minimum absolute atomic E-state index is 0.00665. The number of nitrogens with zero attached hydrogens (tertiary/aromatic N) is 4. The van der Waals surface area contributed by atoms with Crippen LogP contribution in [-0.4, -0.2) is 58.8 Å². The summed E-state index contributed by atoms with van der Waals surface area (Å²) in [6.07, 6.45) is 11.6. The van der Waals surface area contributed by atoms with E-state index in [4.69, 9.17) is 10.7 Å². The molecule has 1 saturated carbocycles. The summed E-state index contributed by atoms with van der Waals surface area (Å²) in [6, 6.07) is 14.9. The van der Waals surface area contributed by atoms with Crippen LogP contribution in [0.25, 0.3) is 0 Å². The van der Waals surface area contributed by atoms with E-state index in [9.17, 15) is 14.0 Å². The number of nitrogens with one attached hydrogen (secondary N) is 1. The Hall–Kier alpha value is -3.85. The molecule has 3 aliphatic rings. The molecule has 0 bridgehead atoms. The number of carbonyl (C=O) groups excluding carboxylic acids is 2. The molecule has 6 rings (SSSR count). The SMILES string of the molecule is NC(=O)c1ncc(N2CCC[C@@H](CC(=O)c3ccc(F)cc3)C2)nc1Nc1ccc(C2CCN(C3CCCC3)CC2)cc1. The van der Waals surface area contributed by atoms with Crippen LogP contribution in [0.3, 0.4) is 0 Å². The first-order valence-corrected chi connectivity index (χ1v) is 15.7. The molecule has 3 aromatic rings. The van der Waals surface area contributed by atoms with E-state index in [1.807, 2.05) is 12.1 Å². The number of hydrogen-bond donors (Lipinski definition) is 2. The average Bonchev–Trinajstić information content (AvgIpc) is 3.57. The second kappa shape index (κ2) is 13.2. The first-order valence-electron chi connectivity index (χ1n) is 15.7. The highest BCUT2D eigenvalue weighted by Gasteiger charge is 2.28. The average molecular weight is 585 g/mol. The lowest BCUT2D eigenvalue weighted by Gasteiger charge is -2.36. The van der Waals surface area contributed by atoms with Gasteiger partial charge in [0.1, 0.15) is 11.6 Å². The molecule has 1 amide bonds. The van der Waals surface area contributed by atoms with Crippen molar-refractivity contribution in [2.45, 2.75) is 69.7 Å². The van der Waals surface area contributed by atoms with Gasteiger partial charge in [0, 0.05) is 36.8 Å². The topological polar surface area (TPSA) is 104 Å². The summed E-state index contributed by atoms with van der Waals surface area (Å²) in [7, 11) is 0. The molecule has 226 valence electrons. The summed E-state index contributed by atoms with van der Waals surface area (Å²) in [6.45, 7) is 3.78. The summed E-state index contributed by atoms with van der Waals surface area (Å²) in [5, 5.41) is 3.28. The summed E-state index contributed by atoms with van der Waals surface area (Å²) >= 11 is 0. The maximum absolute atomic E-state index is 13.3. The fraction of sp³-hybridized carbons (Fsp3) is 0.471. The second-order valence-corrected chi connectivity index (χ2v) is 12.4. The number of anilines is 3. The van der Waals surface area contributed by atoms with E-state index < -0.39 is 5.91 Å². The van der Waals surface area contributed by atoms with Crippen molar-refractivity contribution < 1.29 is 14.0 Å². The Morgan fingerprint density at radius 1 is 0.907 bits per heavy atom. The molecular formula is C34H41FN6O2. The van der Waals surface area contributed by atoms with E-state index in [2.05, 4.69) is 32.2 Å². The van der Waals surface area contributed by atoms with E-state index in [1.165, 1.54) is 81.4 Å². The van der Waals surface area contributed by atoms with Gasteiger partial charge in [0.2, 0.25) is 0 Å². The highest BCUT2D eigenvalue weighted by molar-refractivity contribution is 5.97. The highest BCUT2D eigenvalue weighted by Crippen LogP contribution is 2.33. The summed E-state index contributed by atoms with van der Waals surface area (Å²) in [5.41, 5.74) is 8.44. The monoisotopic (exact) mass is 584 g/mol. The standard InChI is InChI=1S/C34H41FN6O2/c35-27-11-7-26(8-12-27)30(42)20-23-4-3-17-41(22-23)31-21-37-32(33(36)43)34(39-31)38-28-13-9-24(10-14-28)25-15-18-40(19-16-25)29-5-1-2-6-29/h7-14,21,23,25,29H,1-6,15-20,22H2,(H2,36,43)(H,38,39)/t23-/m0/s1. The van der Waals surface area contributed by atoms with Gasteiger partial charge in [-0.2, -0.15) is 0 Å². The molecule has 3 heterocycles. The Morgan fingerprint density at radius 3 is 2.33 bits per heavy atom. The summed E-state index contributed by atoms with van der Waals surface area (Å²) in [4.78, 5) is 39.0. The number of aromatic nitrogens is 2. The first-order chi connectivity index (χ1) is 20.9. The molecule has 43 heavy (non-hydrogen) atoms. The lowest BCUT2D eigenvalue weighted by molar-refractivity contribution is 0.0954. The number of likely N-dealkylation sites (tertiary alicyclic amines) is 1. The van der Waals surface area contributed by atoms with Gasteiger partial charge in [-0.05, 0) is 105 Å². The zero-order chi connectivity index (χ0) is 29.8. The van der Waals surface area contributed by atoms with Crippen molar-refractivity contribution in [3.05, 3.63) is 77.4 Å². The van der Waals surface area contributed by atoms with E-state index in [1.54, 1.807) is 6.20 Å². The molecule has 2 aromatic carbocycles. The molecule has 1 aromatic heterocycles. The number of nitrogens with two attached hydrogens (primary N) is 1. The number of amides is 1. The lowest BCUT2D eigenvalue weighted by atomic mass is 9.88. The third-order valence-corrected chi connectivity index (χ3v) is 9.49. The molecule has 0 spiro atoms. The number of halogens is 1. The van der Waals surface area contributed by atoms with Gasteiger partial charge < -0.3 is 20.9 Å². The van der Waals surface area contributed by atoms with Gasteiger partial charge >= 0.3 is 0 Å². The number of primary amides is 1. The molecule has 1 atom stereocenters. The van der Waals surface area contributed by atoms with Gasteiger partial charge in [-0.15, -0.1) is 0 Å². The predicted molar refractivity (Wildman–Crippen MR) is 166 cm³/mol. The fourth-order valence-corrected chi connectivity index (χ4v) is 7.10. The fourth-order valence-electron chi connectivity index (χ4n) is 7.10. The number of carbonyl (C=O) groups is 2. The van der Waals surface area contributed by atoms with Crippen LogP contribution in [0.5, 0.6) is 0 Å². The van der Waals surface area contributed by atoms with Crippen LogP contribution in [-0.2, 0) is 0 Å². The molecule has 9 heteroatoms. The van der Waals surface area contributed by atoms with Gasteiger partial charge in [-0.1, -0.05) is 25.0 Å². The quantitative estimate of drug-likeness (QED) is 0.294. The van der Waals surface area contributed by atoms with Crippen LogP contribution in [0.15, 0.2) is 54.7 Å². The molecular weight excluding hydrogens is 543 g/mol. The number of piperidine rings is 2. The molecule has 3 N–H and O–H groups in total. The molecule has 3 fully saturated rings. The van der Waals surface area contributed by atoms with Crippen LogP contribution < -0.4 is 16.0 Å². The Labute approximate surface area is 252 Å². The smallest absolute Gasteiger partial charge is 0.271 e. The van der Waals surface area contributed by atoms with Gasteiger partial charge in [0.15, 0.2) is 17.3 Å². The molecule has 2 aliphatic heterocycles. The second-order valence-electron chi connectivity index (χ2n) is 12.4. The Kier molecular flexibility index (Phi) is 8.98. The van der Waals surface area contributed by atoms with Gasteiger partial charge in [0.25, 0.3) is 5.91 Å². The minimum Gasteiger partial charge on any atom is -0.364 e. The molecule has 0 radical (unpaired) electrons. The van der Waals surface area contributed by atoms with E-state index in [-0.39, 0.29) is 23.2 Å². The Morgan fingerprint density at radius 2 is 1.63 bits per heavy atom. The maximum atomic E-state index is 13.3. The van der Waals surface area contributed by atoms with Crippen molar-refractivity contribution in [1.82, 2.24) is 14.9 Å². The van der Waals surface area contributed by atoms with Crippen LogP contribution in [0, 0.1) is 11.7 Å². The highest BCUT2D eigenvalue weighted by atomic mass is 19.1. The van der Waals surface area contributed by atoms with Crippen molar-refractivity contribution in [2.24, 2.45) is 11.7 Å². The van der Waals surface area contributed by atoms with Gasteiger partial charge in [0.05, 0.1) is 6.20 Å². The van der Waals surface area contributed by atoms with E-state index in [0.29, 0.717) is 36.1 Å². The minimum atomic E-state index is -0.645. The lowest BCUT2D eigenvalue weighted by Crippen LogP contribution is -2.39. The van der Waals surface area contributed by atoms with Crippen molar-refractivity contribution >= 4 is 29.0 Å². The zero-order valence-electron chi connectivity index (χ0n) is 24.7. The number of benzene rings is 2. The Bertz CT molecular complexity index is 1420. The molecule has 1 aliphatic carbocycles. The van der Waals surface area contributed by atoms with Crippen LogP contribution in [0.2, 0.25) is 0 Å². The summed E-state index contributed by atoms with van der Waals surface area (Å²) < 4.78 is 13.3. The van der Waals surface area contributed by atoms with Crippen molar-refractivity contribution in [1.29, 1.82) is 0 Å². The van der Waals surface area contributed by atoms with Gasteiger partial charge in [-0.25, -0.2) is 14.4 Å². The Balaban J connectivity index is 1.10. The predicted octanol–water partition coefficient (Wildman–Crippen LogP) is 6.07. The first kappa shape index (κ1) is 29.2.